The van der Waals surface area contributed by atoms with E-state index in [4.69, 9.17) is 9.47 Å². The predicted octanol–water partition coefficient (Wildman–Crippen LogP) is 4.61. The maximum atomic E-state index is 13.0. The Kier molecular flexibility index (Phi) is 6.15. The van der Waals surface area contributed by atoms with Gasteiger partial charge in [0.15, 0.2) is 11.5 Å². The minimum Gasteiger partial charge on any atom is -0.503 e. The van der Waals surface area contributed by atoms with Gasteiger partial charge >= 0.3 is 0 Å². The Balaban J connectivity index is 2.12. The zero-order valence-electron chi connectivity index (χ0n) is 17.9. The van der Waals surface area contributed by atoms with E-state index in [-0.39, 0.29) is 23.4 Å². The van der Waals surface area contributed by atoms with E-state index in [0.29, 0.717) is 22.7 Å². The van der Waals surface area contributed by atoms with E-state index < -0.39 is 17.7 Å². The number of carbonyl (C=O) groups excluding carboxylic acids is 2. The molecule has 1 amide bonds. The van der Waals surface area contributed by atoms with Crippen LogP contribution in [0.25, 0.3) is 0 Å². The van der Waals surface area contributed by atoms with Crippen molar-refractivity contribution in [2.45, 2.75) is 39.8 Å². The first-order valence-corrected chi connectivity index (χ1v) is 9.96. The second-order valence-corrected chi connectivity index (χ2v) is 7.80. The van der Waals surface area contributed by atoms with E-state index in [9.17, 15) is 14.7 Å². The van der Waals surface area contributed by atoms with E-state index in [2.05, 4.69) is 0 Å². The Hall–Kier alpha value is -3.28. The first-order chi connectivity index (χ1) is 14.2. The Labute approximate surface area is 176 Å². The number of anilines is 1. The molecule has 0 spiro atoms. The fraction of sp³-hybridized carbons (Fsp3) is 0.333. The van der Waals surface area contributed by atoms with Crippen molar-refractivity contribution in [2.75, 3.05) is 12.0 Å². The number of Topliss-reactive ketones (excluding diaryl/α,β-unsaturated/α-hetero) is 1. The maximum Gasteiger partial charge on any atom is 0.294 e. The number of aliphatic hydroxyl groups is 1. The third-order valence-electron chi connectivity index (χ3n) is 4.90. The normalized spacial score (nSPS) is 16.6. The van der Waals surface area contributed by atoms with Crippen molar-refractivity contribution < 1.29 is 24.2 Å². The monoisotopic (exact) mass is 409 g/mol. The molecule has 1 aliphatic heterocycles. The number of carbonyl (C=O) groups is 2. The summed E-state index contributed by atoms with van der Waals surface area (Å²) in [5.41, 5.74) is 1.34. The quantitative estimate of drug-likeness (QED) is 0.723. The van der Waals surface area contributed by atoms with Crippen molar-refractivity contribution in [1.29, 1.82) is 0 Å². The van der Waals surface area contributed by atoms with Gasteiger partial charge in [-0.1, -0.05) is 32.0 Å². The molecule has 0 radical (unpaired) electrons. The van der Waals surface area contributed by atoms with Crippen molar-refractivity contribution in [3.63, 3.8) is 0 Å². The second-order valence-electron chi connectivity index (χ2n) is 7.80. The molecule has 30 heavy (non-hydrogen) atoms. The van der Waals surface area contributed by atoms with Crippen LogP contribution in [0.2, 0.25) is 0 Å². The van der Waals surface area contributed by atoms with E-state index in [1.807, 2.05) is 26.0 Å². The smallest absolute Gasteiger partial charge is 0.294 e. The van der Waals surface area contributed by atoms with Gasteiger partial charge in [-0.25, -0.2) is 0 Å². The fourth-order valence-electron chi connectivity index (χ4n) is 3.51. The number of ether oxygens (including phenoxy) is 2. The summed E-state index contributed by atoms with van der Waals surface area (Å²) >= 11 is 0. The molecule has 3 rings (SSSR count). The predicted molar refractivity (Wildman–Crippen MR) is 115 cm³/mol. The lowest BCUT2D eigenvalue weighted by Gasteiger charge is -2.27. The lowest BCUT2D eigenvalue weighted by molar-refractivity contribution is -0.119. The average molecular weight is 409 g/mol. The summed E-state index contributed by atoms with van der Waals surface area (Å²) in [6.07, 6.45) is 0.0270. The first-order valence-electron chi connectivity index (χ1n) is 9.96. The van der Waals surface area contributed by atoms with E-state index in [0.717, 1.165) is 0 Å². The molecule has 0 bridgehead atoms. The van der Waals surface area contributed by atoms with Gasteiger partial charge in [-0.2, -0.15) is 0 Å². The summed E-state index contributed by atoms with van der Waals surface area (Å²) in [5.74, 6) is -0.493. The highest BCUT2D eigenvalue weighted by Gasteiger charge is 2.44. The molecule has 6 heteroatoms. The minimum absolute atomic E-state index is 0.0270. The van der Waals surface area contributed by atoms with Gasteiger partial charge in [0.25, 0.3) is 5.91 Å². The highest BCUT2D eigenvalue weighted by atomic mass is 16.5. The Morgan fingerprint density at radius 2 is 1.70 bits per heavy atom. The van der Waals surface area contributed by atoms with Gasteiger partial charge in [0.2, 0.25) is 0 Å². The average Bonchev–Trinajstić information content (AvgIpc) is 2.98. The molecule has 1 N–H and O–H groups in total. The Morgan fingerprint density at radius 1 is 1.03 bits per heavy atom. The second kappa shape index (κ2) is 8.61. The van der Waals surface area contributed by atoms with E-state index in [1.54, 1.807) is 57.4 Å². The standard InChI is InChI=1S/C24H27NO5/c1-14(2)22(26)20-21(16-9-11-18(12-10-16)30-15(3)4)25(24(28)23(20)27)17-7-6-8-19(13-17)29-5/h6-15,21,27H,1-5H3. The number of amides is 1. The number of hydrogen-bond acceptors (Lipinski definition) is 5. The topological polar surface area (TPSA) is 76.1 Å². The van der Waals surface area contributed by atoms with Gasteiger partial charge in [0.1, 0.15) is 11.5 Å². The highest BCUT2D eigenvalue weighted by molar-refractivity contribution is 6.16. The maximum absolute atomic E-state index is 13.0. The van der Waals surface area contributed by atoms with Crippen LogP contribution in [0.5, 0.6) is 11.5 Å². The molecule has 0 aliphatic carbocycles. The molecule has 6 nitrogen and oxygen atoms in total. The molecule has 0 aromatic heterocycles. The molecule has 1 aliphatic rings. The number of hydrogen-bond donors (Lipinski definition) is 1. The third kappa shape index (κ3) is 4.03. The van der Waals surface area contributed by atoms with Gasteiger partial charge in [-0.05, 0) is 43.7 Å². The van der Waals surface area contributed by atoms with Crippen molar-refractivity contribution in [3.05, 3.63) is 65.4 Å². The molecule has 1 heterocycles. The van der Waals surface area contributed by atoms with Crippen LogP contribution in [0.15, 0.2) is 59.9 Å². The lowest BCUT2D eigenvalue weighted by atomic mass is 9.91. The highest BCUT2D eigenvalue weighted by Crippen LogP contribution is 2.42. The van der Waals surface area contributed by atoms with Gasteiger partial charge in [-0.15, -0.1) is 0 Å². The Bertz CT molecular complexity index is 975. The first kappa shape index (κ1) is 21.4. The van der Waals surface area contributed by atoms with Crippen LogP contribution >= 0.6 is 0 Å². The van der Waals surface area contributed by atoms with Crippen LogP contribution in [0.3, 0.4) is 0 Å². The van der Waals surface area contributed by atoms with Crippen LogP contribution in [-0.2, 0) is 9.59 Å². The number of nitrogens with zero attached hydrogens (tertiary/aromatic N) is 1. The molecule has 1 unspecified atom stereocenters. The number of rotatable bonds is 7. The summed E-state index contributed by atoms with van der Waals surface area (Å²) in [6.45, 7) is 7.37. The van der Waals surface area contributed by atoms with Crippen molar-refractivity contribution in [3.8, 4) is 11.5 Å². The minimum atomic E-state index is -0.743. The van der Waals surface area contributed by atoms with Gasteiger partial charge in [-0.3, -0.25) is 14.5 Å². The molecule has 1 atom stereocenters. The summed E-state index contributed by atoms with van der Waals surface area (Å²) < 4.78 is 11.0. The summed E-state index contributed by atoms with van der Waals surface area (Å²) in [4.78, 5) is 27.4. The van der Waals surface area contributed by atoms with Crippen molar-refractivity contribution in [1.82, 2.24) is 0 Å². The summed E-state index contributed by atoms with van der Waals surface area (Å²) in [5, 5.41) is 10.7. The molecule has 2 aromatic rings. The van der Waals surface area contributed by atoms with E-state index >= 15 is 0 Å². The molecular formula is C24H27NO5. The molecule has 0 fully saturated rings. The zero-order valence-corrected chi connectivity index (χ0v) is 17.9. The lowest BCUT2D eigenvalue weighted by Crippen LogP contribution is -2.31. The van der Waals surface area contributed by atoms with Crippen LogP contribution in [0.4, 0.5) is 5.69 Å². The van der Waals surface area contributed by atoms with Crippen molar-refractivity contribution >= 4 is 17.4 Å². The van der Waals surface area contributed by atoms with Crippen LogP contribution in [0.1, 0.15) is 39.3 Å². The molecular weight excluding hydrogens is 382 g/mol. The van der Waals surface area contributed by atoms with Gasteiger partial charge < -0.3 is 14.6 Å². The molecule has 0 saturated heterocycles. The molecule has 2 aromatic carbocycles. The number of aliphatic hydroxyl groups excluding tert-OH is 1. The van der Waals surface area contributed by atoms with Crippen LogP contribution < -0.4 is 14.4 Å². The van der Waals surface area contributed by atoms with E-state index in [1.165, 1.54) is 4.90 Å². The molecule has 158 valence electrons. The number of benzene rings is 2. The zero-order chi connectivity index (χ0) is 22.0. The number of ketones is 1. The van der Waals surface area contributed by atoms with Crippen LogP contribution in [0, 0.1) is 5.92 Å². The number of methoxy groups -OCH3 is 1. The van der Waals surface area contributed by atoms with Gasteiger partial charge in [0, 0.05) is 17.7 Å². The fourth-order valence-corrected chi connectivity index (χ4v) is 3.51. The van der Waals surface area contributed by atoms with Crippen molar-refractivity contribution in [2.24, 2.45) is 5.92 Å². The summed E-state index contributed by atoms with van der Waals surface area (Å²) in [7, 11) is 1.54. The largest absolute Gasteiger partial charge is 0.503 e. The molecule has 0 saturated carbocycles. The Morgan fingerprint density at radius 3 is 2.27 bits per heavy atom. The SMILES string of the molecule is COc1cccc(N2C(=O)C(O)=C(C(=O)C(C)C)C2c2ccc(OC(C)C)cc2)c1. The van der Waals surface area contributed by atoms with Crippen LogP contribution in [-0.4, -0.2) is 30.0 Å². The van der Waals surface area contributed by atoms with Gasteiger partial charge in [0.05, 0.1) is 24.8 Å². The third-order valence-corrected chi connectivity index (χ3v) is 4.90. The summed E-state index contributed by atoms with van der Waals surface area (Å²) in [6, 6.07) is 13.5.